The molecule has 28 heavy (non-hydrogen) atoms. The highest BCUT2D eigenvalue weighted by Crippen LogP contribution is 2.37. The number of hydrogen-bond acceptors (Lipinski definition) is 6. The molecule has 0 bridgehead atoms. The smallest absolute Gasteiger partial charge is 0.343 e. The predicted octanol–water partition coefficient (Wildman–Crippen LogP) is 2.64. The fourth-order valence-electron chi connectivity index (χ4n) is 2.91. The monoisotopic (exact) mass is 409 g/mol. The third kappa shape index (κ3) is 4.15. The Kier molecular flexibility index (Phi) is 5.40. The molecule has 9 heteroatoms. The van der Waals surface area contributed by atoms with Crippen LogP contribution in [0.4, 0.5) is 4.39 Å². The number of nitrogens with zero attached hydrogens (tertiary/aromatic N) is 1. The fraction of sp³-hybridized carbons (Fsp3) is 0.368. The van der Waals surface area contributed by atoms with Crippen LogP contribution in [0.5, 0.6) is 0 Å². The van der Waals surface area contributed by atoms with Gasteiger partial charge in [-0.1, -0.05) is 6.58 Å². The number of pyridine rings is 1. The van der Waals surface area contributed by atoms with E-state index in [0.29, 0.717) is 5.52 Å². The van der Waals surface area contributed by atoms with Gasteiger partial charge < -0.3 is 9.30 Å². The zero-order valence-corrected chi connectivity index (χ0v) is 16.3. The summed E-state index contributed by atoms with van der Waals surface area (Å²) in [6, 6.07) is 2.57. The van der Waals surface area contributed by atoms with Crippen LogP contribution in [-0.4, -0.2) is 38.4 Å². The lowest BCUT2D eigenvalue weighted by Crippen LogP contribution is -2.21. The fourth-order valence-corrected chi connectivity index (χ4v) is 3.26. The maximum atomic E-state index is 14.7. The molecule has 0 spiro atoms. The minimum absolute atomic E-state index is 0.0498. The van der Waals surface area contributed by atoms with Crippen molar-refractivity contribution in [3.05, 3.63) is 52.1 Å². The van der Waals surface area contributed by atoms with Crippen LogP contribution in [0.15, 0.2) is 29.7 Å². The van der Waals surface area contributed by atoms with Crippen molar-refractivity contribution in [2.45, 2.75) is 25.8 Å². The summed E-state index contributed by atoms with van der Waals surface area (Å²) in [5.41, 5.74) is -0.151. The van der Waals surface area contributed by atoms with E-state index in [1.807, 2.05) is 0 Å². The summed E-state index contributed by atoms with van der Waals surface area (Å²) in [6.07, 6.45) is 4.06. The topological polar surface area (TPSA) is 91.7 Å². The number of carbonyl (C=O) groups is 1. The molecule has 1 saturated carbocycles. The van der Waals surface area contributed by atoms with E-state index in [2.05, 4.69) is 10.8 Å². The van der Waals surface area contributed by atoms with E-state index in [0.717, 1.165) is 25.2 Å². The largest absolute Gasteiger partial charge is 0.462 e. The number of rotatable bonds is 7. The van der Waals surface area contributed by atoms with Crippen LogP contribution in [-0.2, 0) is 19.0 Å². The SMILES string of the molecule is C=C(COS(C)(=O)=O)c1cc2c(cc1F)c(=O)c(C(=O)OCC)cn2C1CC1. The maximum absolute atomic E-state index is 14.7. The van der Waals surface area contributed by atoms with Crippen LogP contribution < -0.4 is 5.43 Å². The molecule has 1 heterocycles. The second-order valence-electron chi connectivity index (χ2n) is 6.65. The molecule has 0 aliphatic heterocycles. The lowest BCUT2D eigenvalue weighted by atomic mass is 10.0. The Labute approximate surface area is 161 Å². The number of hydrogen-bond donors (Lipinski definition) is 0. The van der Waals surface area contributed by atoms with Gasteiger partial charge in [-0.2, -0.15) is 8.42 Å². The summed E-state index contributed by atoms with van der Waals surface area (Å²) in [5, 5.41) is 0.0514. The number of carbonyl (C=O) groups excluding carboxylic acids is 1. The molecule has 1 fully saturated rings. The van der Waals surface area contributed by atoms with Crippen LogP contribution in [0.25, 0.3) is 16.5 Å². The van der Waals surface area contributed by atoms with Crippen LogP contribution in [0.2, 0.25) is 0 Å². The summed E-state index contributed by atoms with van der Waals surface area (Å²) in [6.45, 7) is 5.03. The zero-order valence-electron chi connectivity index (χ0n) is 15.5. The molecule has 3 rings (SSSR count). The van der Waals surface area contributed by atoms with Crippen molar-refractivity contribution in [3.8, 4) is 0 Å². The number of aromatic nitrogens is 1. The van der Waals surface area contributed by atoms with E-state index in [1.54, 1.807) is 11.5 Å². The summed E-state index contributed by atoms with van der Waals surface area (Å²) in [4.78, 5) is 24.9. The summed E-state index contributed by atoms with van der Waals surface area (Å²) in [5.74, 6) is -1.51. The lowest BCUT2D eigenvalue weighted by molar-refractivity contribution is 0.0524. The lowest BCUT2D eigenvalue weighted by Gasteiger charge is -2.15. The Morgan fingerprint density at radius 3 is 2.57 bits per heavy atom. The van der Waals surface area contributed by atoms with Gasteiger partial charge in [0.05, 0.1) is 25.0 Å². The first-order valence-corrected chi connectivity index (χ1v) is 10.5. The van der Waals surface area contributed by atoms with Crippen molar-refractivity contribution in [3.63, 3.8) is 0 Å². The second kappa shape index (κ2) is 7.48. The average Bonchev–Trinajstić information content (AvgIpc) is 3.44. The molecule has 1 aliphatic carbocycles. The van der Waals surface area contributed by atoms with Gasteiger partial charge in [0.15, 0.2) is 0 Å². The Bertz CT molecular complexity index is 1130. The highest BCUT2D eigenvalue weighted by Gasteiger charge is 2.28. The van der Waals surface area contributed by atoms with Gasteiger partial charge in [-0.25, -0.2) is 9.18 Å². The molecule has 1 aliphatic rings. The molecule has 0 N–H and O–H groups in total. The maximum Gasteiger partial charge on any atom is 0.343 e. The van der Waals surface area contributed by atoms with E-state index in [4.69, 9.17) is 4.74 Å². The van der Waals surface area contributed by atoms with Gasteiger partial charge in [-0.15, -0.1) is 0 Å². The van der Waals surface area contributed by atoms with E-state index in [1.165, 1.54) is 12.3 Å². The number of benzene rings is 1. The first-order valence-electron chi connectivity index (χ1n) is 8.70. The number of halogens is 1. The van der Waals surface area contributed by atoms with Crippen LogP contribution >= 0.6 is 0 Å². The Morgan fingerprint density at radius 1 is 1.32 bits per heavy atom. The third-order valence-corrected chi connectivity index (χ3v) is 4.93. The van der Waals surface area contributed by atoms with Gasteiger partial charge in [-0.05, 0) is 37.5 Å². The van der Waals surface area contributed by atoms with Gasteiger partial charge in [0.2, 0.25) is 5.43 Å². The Hall–Kier alpha value is -2.52. The highest BCUT2D eigenvalue weighted by atomic mass is 32.2. The predicted molar refractivity (Wildman–Crippen MR) is 102 cm³/mol. The second-order valence-corrected chi connectivity index (χ2v) is 8.29. The zero-order chi connectivity index (χ0) is 20.6. The average molecular weight is 409 g/mol. The number of fused-ring (bicyclic) bond motifs is 1. The van der Waals surface area contributed by atoms with Gasteiger partial charge in [0, 0.05) is 23.2 Å². The molecule has 0 atom stereocenters. The molecule has 1 aromatic heterocycles. The van der Waals surface area contributed by atoms with E-state index in [9.17, 15) is 22.4 Å². The molecule has 0 radical (unpaired) electrons. The quantitative estimate of drug-likeness (QED) is 0.516. The Balaban J connectivity index is 2.14. The van der Waals surface area contributed by atoms with E-state index in [-0.39, 0.29) is 34.7 Å². The Morgan fingerprint density at radius 2 is 2.00 bits per heavy atom. The molecule has 2 aromatic rings. The van der Waals surface area contributed by atoms with Crippen molar-refractivity contribution in [2.24, 2.45) is 0 Å². The standard InChI is InChI=1S/C19H20FNO6S/c1-4-26-19(23)15-9-21(12-5-6-12)17-8-13(11(2)10-27-28(3,24)25)16(20)7-14(17)18(15)22/h7-9,12H,2,4-6,10H2,1,3H3. The highest BCUT2D eigenvalue weighted by molar-refractivity contribution is 7.86. The molecule has 0 amide bonds. The van der Waals surface area contributed by atoms with Crippen molar-refractivity contribution in [1.82, 2.24) is 4.57 Å². The van der Waals surface area contributed by atoms with Crippen molar-refractivity contribution in [1.29, 1.82) is 0 Å². The molecule has 1 aromatic carbocycles. The van der Waals surface area contributed by atoms with Gasteiger partial charge >= 0.3 is 5.97 Å². The molecular weight excluding hydrogens is 389 g/mol. The van der Waals surface area contributed by atoms with Crippen molar-refractivity contribution in [2.75, 3.05) is 19.5 Å². The van der Waals surface area contributed by atoms with Crippen LogP contribution in [0.3, 0.4) is 0 Å². The number of esters is 1. The first-order chi connectivity index (χ1) is 13.1. The molecular formula is C19H20FNO6S. The minimum Gasteiger partial charge on any atom is -0.462 e. The van der Waals surface area contributed by atoms with Crippen LogP contribution in [0, 0.1) is 5.82 Å². The summed E-state index contributed by atoms with van der Waals surface area (Å²) in [7, 11) is -3.71. The minimum atomic E-state index is -3.71. The van der Waals surface area contributed by atoms with Gasteiger partial charge in [0.25, 0.3) is 10.1 Å². The van der Waals surface area contributed by atoms with Gasteiger partial charge in [0.1, 0.15) is 11.4 Å². The molecule has 7 nitrogen and oxygen atoms in total. The summed E-state index contributed by atoms with van der Waals surface area (Å²) >= 11 is 0. The normalized spacial score (nSPS) is 14.2. The molecule has 150 valence electrons. The summed E-state index contributed by atoms with van der Waals surface area (Å²) < 4.78 is 48.4. The van der Waals surface area contributed by atoms with Crippen molar-refractivity contribution >= 4 is 32.6 Å². The van der Waals surface area contributed by atoms with Crippen molar-refractivity contribution < 1.29 is 26.5 Å². The van der Waals surface area contributed by atoms with Crippen LogP contribution in [0.1, 0.15) is 41.7 Å². The molecule has 0 unspecified atom stereocenters. The van der Waals surface area contributed by atoms with E-state index >= 15 is 0 Å². The number of ether oxygens (including phenoxy) is 1. The van der Waals surface area contributed by atoms with Gasteiger partial charge in [-0.3, -0.25) is 8.98 Å². The first kappa shape index (κ1) is 20.2. The third-order valence-electron chi connectivity index (χ3n) is 4.38. The molecule has 0 saturated heterocycles. The van der Waals surface area contributed by atoms with E-state index < -0.39 is 33.9 Å².